The summed E-state index contributed by atoms with van der Waals surface area (Å²) in [7, 11) is 0. The van der Waals surface area contributed by atoms with Crippen LogP contribution in [0.25, 0.3) is 87.2 Å². The minimum absolute atomic E-state index is 1.23. The van der Waals surface area contributed by atoms with Crippen LogP contribution in [0, 0.1) is 0 Å². The molecule has 9 rings (SSSR count). The van der Waals surface area contributed by atoms with Gasteiger partial charge in [0, 0.05) is 0 Å². The molecule has 9 aromatic rings. The maximum Gasteiger partial charge on any atom is -0.00262 e. The highest BCUT2D eigenvalue weighted by atomic mass is 14.2. The van der Waals surface area contributed by atoms with Crippen LogP contribution >= 0.6 is 0 Å². The second-order valence-corrected chi connectivity index (χ2v) is 11.6. The third-order valence-corrected chi connectivity index (χ3v) is 9.21. The van der Waals surface area contributed by atoms with E-state index in [1.54, 1.807) is 0 Å². The van der Waals surface area contributed by atoms with Crippen LogP contribution in [0.5, 0.6) is 0 Å². The zero-order valence-corrected chi connectivity index (χ0v) is 24.2. The Morgan fingerprint density at radius 1 is 0.250 bits per heavy atom. The minimum Gasteiger partial charge on any atom is -0.0622 e. The second kappa shape index (κ2) is 9.93. The minimum atomic E-state index is 1.23. The van der Waals surface area contributed by atoms with E-state index in [9.17, 15) is 0 Å². The summed E-state index contributed by atoms with van der Waals surface area (Å²) in [6.45, 7) is 0. The van der Waals surface area contributed by atoms with E-state index in [1.165, 1.54) is 87.2 Å². The summed E-state index contributed by atoms with van der Waals surface area (Å²) < 4.78 is 0. The van der Waals surface area contributed by atoms with Crippen LogP contribution in [0.4, 0.5) is 0 Å². The third kappa shape index (κ3) is 3.78. The average molecular weight is 557 g/mol. The van der Waals surface area contributed by atoms with Crippen molar-refractivity contribution in [2.75, 3.05) is 0 Å². The molecule has 0 saturated carbocycles. The first-order valence-electron chi connectivity index (χ1n) is 15.3. The fourth-order valence-electron chi connectivity index (χ4n) is 7.29. The molecule has 0 heteroatoms. The monoisotopic (exact) mass is 556 g/mol. The van der Waals surface area contributed by atoms with Crippen molar-refractivity contribution in [1.82, 2.24) is 0 Å². The Bertz CT molecular complexity index is 2520. The van der Waals surface area contributed by atoms with E-state index in [2.05, 4.69) is 170 Å². The lowest BCUT2D eigenvalue weighted by Gasteiger charge is -2.19. The fourth-order valence-corrected chi connectivity index (χ4v) is 7.29. The second-order valence-electron chi connectivity index (χ2n) is 11.6. The van der Waals surface area contributed by atoms with Gasteiger partial charge in [0.05, 0.1) is 0 Å². The van der Waals surface area contributed by atoms with Gasteiger partial charge in [-0.3, -0.25) is 0 Å². The van der Waals surface area contributed by atoms with E-state index in [4.69, 9.17) is 0 Å². The molecule has 0 fully saturated rings. The van der Waals surface area contributed by atoms with Crippen LogP contribution in [-0.4, -0.2) is 0 Å². The van der Waals surface area contributed by atoms with Crippen molar-refractivity contribution in [3.05, 3.63) is 170 Å². The largest absolute Gasteiger partial charge is 0.0622 e. The Balaban J connectivity index is 1.42. The SMILES string of the molecule is c1ccc(-c2c3ccccc3c(-c3ccccc3)c3cc(-c4cc5ccc6ccccc6c5c5ccccc45)ccc23)cc1. The normalized spacial score (nSPS) is 11.6. The van der Waals surface area contributed by atoms with E-state index in [-0.39, 0.29) is 0 Å². The molecule has 0 spiro atoms. The van der Waals surface area contributed by atoms with Gasteiger partial charge in [0.15, 0.2) is 0 Å². The predicted molar refractivity (Wildman–Crippen MR) is 190 cm³/mol. The van der Waals surface area contributed by atoms with Crippen LogP contribution in [0.1, 0.15) is 0 Å². The number of rotatable bonds is 3. The zero-order valence-electron chi connectivity index (χ0n) is 24.2. The van der Waals surface area contributed by atoms with Gasteiger partial charge in [-0.1, -0.05) is 158 Å². The smallest absolute Gasteiger partial charge is 0.00262 e. The average Bonchev–Trinajstić information content (AvgIpc) is 3.10. The molecule has 9 aromatic carbocycles. The van der Waals surface area contributed by atoms with Crippen LogP contribution in [0.3, 0.4) is 0 Å². The van der Waals surface area contributed by atoms with Crippen molar-refractivity contribution in [1.29, 1.82) is 0 Å². The maximum absolute atomic E-state index is 2.44. The number of benzene rings is 9. The van der Waals surface area contributed by atoms with Crippen molar-refractivity contribution in [3.63, 3.8) is 0 Å². The highest BCUT2D eigenvalue weighted by molar-refractivity contribution is 6.25. The Hall–Kier alpha value is -5.72. The molecule has 44 heavy (non-hydrogen) atoms. The zero-order chi connectivity index (χ0) is 29.0. The molecule has 0 heterocycles. The topological polar surface area (TPSA) is 0 Å². The van der Waals surface area contributed by atoms with E-state index >= 15 is 0 Å². The first-order valence-corrected chi connectivity index (χ1v) is 15.3. The Labute approximate surface area is 256 Å². The van der Waals surface area contributed by atoms with Crippen molar-refractivity contribution < 1.29 is 0 Å². The quantitative estimate of drug-likeness (QED) is 0.150. The summed E-state index contributed by atoms with van der Waals surface area (Å²) in [5.41, 5.74) is 7.55. The summed E-state index contributed by atoms with van der Waals surface area (Å²) in [5, 5.41) is 12.8. The van der Waals surface area contributed by atoms with Gasteiger partial charge in [-0.15, -0.1) is 0 Å². The lowest BCUT2D eigenvalue weighted by Crippen LogP contribution is -1.92. The first-order chi connectivity index (χ1) is 21.8. The molecule has 0 aromatic heterocycles. The molecule has 0 aliphatic rings. The molecule has 0 saturated heterocycles. The van der Waals surface area contributed by atoms with Gasteiger partial charge < -0.3 is 0 Å². The van der Waals surface area contributed by atoms with Crippen molar-refractivity contribution in [2.45, 2.75) is 0 Å². The highest BCUT2D eigenvalue weighted by Gasteiger charge is 2.18. The Kier molecular flexibility index (Phi) is 5.61. The molecule has 204 valence electrons. The fraction of sp³-hybridized carbons (Fsp3) is 0. The van der Waals surface area contributed by atoms with Crippen LogP contribution in [-0.2, 0) is 0 Å². The lowest BCUT2D eigenvalue weighted by atomic mass is 9.84. The summed E-state index contributed by atoms with van der Waals surface area (Å²) in [4.78, 5) is 0. The van der Waals surface area contributed by atoms with Crippen LogP contribution in [0.15, 0.2) is 170 Å². The maximum atomic E-state index is 2.44. The van der Waals surface area contributed by atoms with Gasteiger partial charge in [0.25, 0.3) is 0 Å². The summed E-state index contributed by atoms with van der Waals surface area (Å²) in [6.07, 6.45) is 0. The summed E-state index contributed by atoms with van der Waals surface area (Å²) in [5.74, 6) is 0. The summed E-state index contributed by atoms with van der Waals surface area (Å²) >= 11 is 0. The molecular weight excluding hydrogens is 528 g/mol. The van der Waals surface area contributed by atoms with Crippen molar-refractivity contribution in [2.24, 2.45) is 0 Å². The molecule has 0 bridgehead atoms. The molecule has 0 aliphatic carbocycles. The third-order valence-electron chi connectivity index (χ3n) is 9.21. The molecular formula is C44H28. The first kappa shape index (κ1) is 24.8. The molecule has 0 aliphatic heterocycles. The van der Waals surface area contributed by atoms with Crippen molar-refractivity contribution >= 4 is 53.9 Å². The van der Waals surface area contributed by atoms with Gasteiger partial charge in [-0.2, -0.15) is 0 Å². The number of hydrogen-bond donors (Lipinski definition) is 0. The van der Waals surface area contributed by atoms with Crippen LogP contribution in [0.2, 0.25) is 0 Å². The van der Waals surface area contributed by atoms with E-state index in [0.717, 1.165) is 0 Å². The van der Waals surface area contributed by atoms with E-state index in [1.807, 2.05) is 0 Å². The molecule has 0 N–H and O–H groups in total. The van der Waals surface area contributed by atoms with Gasteiger partial charge in [0.2, 0.25) is 0 Å². The van der Waals surface area contributed by atoms with Crippen molar-refractivity contribution in [3.8, 4) is 33.4 Å². The number of fused-ring (bicyclic) bond motifs is 7. The highest BCUT2D eigenvalue weighted by Crippen LogP contribution is 2.46. The van der Waals surface area contributed by atoms with Gasteiger partial charge in [-0.05, 0) is 99.4 Å². The Morgan fingerprint density at radius 3 is 1.43 bits per heavy atom. The van der Waals surface area contributed by atoms with Gasteiger partial charge >= 0.3 is 0 Å². The van der Waals surface area contributed by atoms with E-state index in [0.29, 0.717) is 0 Å². The van der Waals surface area contributed by atoms with Gasteiger partial charge in [-0.25, -0.2) is 0 Å². The van der Waals surface area contributed by atoms with Gasteiger partial charge in [0.1, 0.15) is 0 Å². The van der Waals surface area contributed by atoms with E-state index < -0.39 is 0 Å². The number of hydrogen-bond acceptors (Lipinski definition) is 0. The molecule has 0 radical (unpaired) electrons. The predicted octanol–water partition coefficient (Wildman–Crippen LogP) is 12.5. The lowest BCUT2D eigenvalue weighted by molar-refractivity contribution is 1.64. The molecule has 0 amide bonds. The Morgan fingerprint density at radius 2 is 0.750 bits per heavy atom. The molecule has 0 unspecified atom stereocenters. The van der Waals surface area contributed by atoms with Crippen LogP contribution < -0.4 is 0 Å². The summed E-state index contributed by atoms with van der Waals surface area (Å²) in [6, 6.07) is 62.3. The molecule has 0 nitrogen and oxygen atoms in total. The molecule has 0 atom stereocenters. The standard InChI is InChI=1S/C44H28/c1-3-14-30(15-4-1)42-37-21-11-12-22-38(37)43(31-16-5-2-6-17-31)41-27-32(25-26-39(41)42)40-28-33-24-23-29-13-7-8-18-34(29)44(33)36-20-10-9-19-35(36)40/h1-28H.